The van der Waals surface area contributed by atoms with Crippen LogP contribution in [-0.4, -0.2) is 36.0 Å². The molecule has 2 aromatic carbocycles. The van der Waals surface area contributed by atoms with Crippen molar-refractivity contribution in [2.75, 3.05) is 20.3 Å². The number of unbranched alkanes of at least 4 members (excludes halogenated alkanes) is 1. The van der Waals surface area contributed by atoms with Crippen LogP contribution in [0.15, 0.2) is 76.2 Å². The van der Waals surface area contributed by atoms with Crippen molar-refractivity contribution < 1.29 is 24.1 Å². The first-order chi connectivity index (χ1) is 18.4. The number of carbonyl (C=O) groups is 1. The van der Waals surface area contributed by atoms with E-state index in [9.17, 15) is 14.7 Å². The number of phenols is 1. The molecule has 0 bridgehead atoms. The van der Waals surface area contributed by atoms with Crippen LogP contribution >= 0.6 is 11.3 Å². The van der Waals surface area contributed by atoms with Gasteiger partial charge in [0.25, 0.3) is 5.56 Å². The Morgan fingerprint density at radius 1 is 1.24 bits per heavy atom. The molecule has 1 unspecified atom stereocenters. The van der Waals surface area contributed by atoms with Gasteiger partial charge in [0.1, 0.15) is 12.4 Å². The molecule has 1 aromatic heterocycles. The fourth-order valence-electron chi connectivity index (χ4n) is 4.13. The van der Waals surface area contributed by atoms with Crippen LogP contribution in [0.25, 0.3) is 6.08 Å². The van der Waals surface area contributed by atoms with Gasteiger partial charge in [0, 0.05) is 0 Å². The summed E-state index contributed by atoms with van der Waals surface area (Å²) >= 11 is 1.22. The van der Waals surface area contributed by atoms with E-state index >= 15 is 0 Å². The molecule has 0 saturated heterocycles. The molecule has 0 fully saturated rings. The van der Waals surface area contributed by atoms with Gasteiger partial charge in [-0.25, -0.2) is 9.79 Å². The summed E-state index contributed by atoms with van der Waals surface area (Å²) in [7, 11) is 1.46. The predicted octanol–water partition coefficient (Wildman–Crippen LogP) is 3.86. The highest BCUT2D eigenvalue weighted by Crippen LogP contribution is 2.32. The van der Waals surface area contributed by atoms with Crippen LogP contribution in [0.2, 0.25) is 0 Å². The zero-order chi connectivity index (χ0) is 27.2. The lowest BCUT2D eigenvalue weighted by atomic mass is 9.96. The fourth-order valence-corrected chi connectivity index (χ4v) is 5.17. The van der Waals surface area contributed by atoms with Crippen LogP contribution in [0.3, 0.4) is 0 Å². The predicted molar refractivity (Wildman–Crippen MR) is 146 cm³/mol. The highest BCUT2D eigenvalue weighted by Gasteiger charge is 2.33. The number of carbonyl (C=O) groups excluding carboxylic acids is 1. The zero-order valence-electron chi connectivity index (χ0n) is 21.6. The van der Waals surface area contributed by atoms with E-state index in [2.05, 4.69) is 18.5 Å². The smallest absolute Gasteiger partial charge is 0.338 e. The number of hydrogen-bond donors (Lipinski definition) is 1. The number of methoxy groups -OCH3 is 1. The standard InChI is InChI=1S/C29H30N2O6S/c1-5-7-15-36-21-11-9-20(10-12-21)26-25(28(34)37-14-6-2)18(3)30-29-31(26)27(33)24(38-29)17-19-8-13-22(32)23(16-19)35-4/h6,8-13,16-17,26,32H,2,5,7,14-15H2,1,3-4H3/b24-17-. The first-order valence-electron chi connectivity index (χ1n) is 12.3. The van der Waals surface area contributed by atoms with Crippen molar-refractivity contribution in [3.63, 3.8) is 0 Å². The van der Waals surface area contributed by atoms with E-state index in [4.69, 9.17) is 14.2 Å². The summed E-state index contributed by atoms with van der Waals surface area (Å²) in [5.41, 5.74) is 1.88. The van der Waals surface area contributed by atoms with Gasteiger partial charge in [-0.15, -0.1) is 0 Å². The Hall–Kier alpha value is -4.11. The molecule has 3 aromatic rings. The maximum absolute atomic E-state index is 13.7. The molecular weight excluding hydrogens is 504 g/mol. The van der Waals surface area contributed by atoms with Crippen LogP contribution in [0.4, 0.5) is 0 Å². The normalized spacial score (nSPS) is 15.0. The second-order valence-electron chi connectivity index (χ2n) is 8.67. The number of ether oxygens (including phenoxy) is 3. The summed E-state index contributed by atoms with van der Waals surface area (Å²) in [6.07, 6.45) is 5.19. The Balaban J connectivity index is 1.84. The highest BCUT2D eigenvalue weighted by molar-refractivity contribution is 7.07. The topological polar surface area (TPSA) is 99.4 Å². The number of nitrogens with zero attached hydrogens (tertiary/aromatic N) is 2. The van der Waals surface area contributed by atoms with Gasteiger partial charge in [-0.3, -0.25) is 9.36 Å². The van der Waals surface area contributed by atoms with Crippen LogP contribution in [-0.2, 0) is 9.53 Å². The molecule has 0 radical (unpaired) electrons. The van der Waals surface area contributed by atoms with Gasteiger partial charge in [-0.2, -0.15) is 0 Å². The maximum atomic E-state index is 13.7. The molecule has 8 nitrogen and oxygen atoms in total. The number of allylic oxidation sites excluding steroid dienone is 1. The zero-order valence-corrected chi connectivity index (χ0v) is 22.4. The first-order valence-corrected chi connectivity index (χ1v) is 13.1. The molecule has 9 heteroatoms. The summed E-state index contributed by atoms with van der Waals surface area (Å²) in [6, 6.07) is 11.5. The van der Waals surface area contributed by atoms with Gasteiger partial charge >= 0.3 is 5.97 Å². The summed E-state index contributed by atoms with van der Waals surface area (Å²) in [4.78, 5) is 31.9. The monoisotopic (exact) mass is 534 g/mol. The van der Waals surface area contributed by atoms with Gasteiger partial charge in [0.2, 0.25) is 0 Å². The summed E-state index contributed by atoms with van der Waals surface area (Å²) in [5, 5.41) is 9.92. The minimum absolute atomic E-state index is 0.00605. The number of fused-ring (bicyclic) bond motifs is 1. The number of aromatic nitrogens is 1. The van der Waals surface area contributed by atoms with Gasteiger partial charge in [-0.1, -0.05) is 55.5 Å². The number of rotatable bonds is 10. The molecule has 2 heterocycles. The molecular formula is C29H30N2O6S. The van der Waals surface area contributed by atoms with Gasteiger partial charge in [-0.05, 0) is 54.8 Å². The van der Waals surface area contributed by atoms with E-state index < -0.39 is 12.0 Å². The average Bonchev–Trinajstić information content (AvgIpc) is 3.22. The maximum Gasteiger partial charge on any atom is 0.338 e. The minimum Gasteiger partial charge on any atom is -0.504 e. The Morgan fingerprint density at radius 2 is 2.00 bits per heavy atom. The summed E-state index contributed by atoms with van der Waals surface area (Å²) in [5.74, 6) is 0.463. The van der Waals surface area contributed by atoms with E-state index in [1.54, 1.807) is 25.1 Å². The number of aromatic hydroxyl groups is 1. The quantitative estimate of drug-likeness (QED) is 0.241. The van der Waals surface area contributed by atoms with Gasteiger partial charge in [0.05, 0.1) is 35.6 Å². The Bertz CT molecular complexity index is 1550. The highest BCUT2D eigenvalue weighted by atomic mass is 32.1. The second-order valence-corrected chi connectivity index (χ2v) is 9.68. The largest absolute Gasteiger partial charge is 0.504 e. The van der Waals surface area contributed by atoms with Crippen molar-refractivity contribution in [1.82, 2.24) is 4.57 Å². The van der Waals surface area contributed by atoms with Gasteiger partial charge < -0.3 is 19.3 Å². The number of hydrogen-bond acceptors (Lipinski definition) is 8. The van der Waals surface area contributed by atoms with Crippen molar-refractivity contribution in [2.24, 2.45) is 4.99 Å². The Labute approximate surface area is 224 Å². The molecule has 0 amide bonds. The number of thiazole rings is 1. The first kappa shape index (κ1) is 26.9. The van der Waals surface area contributed by atoms with Crippen molar-refractivity contribution in [3.8, 4) is 17.2 Å². The van der Waals surface area contributed by atoms with Crippen LogP contribution < -0.4 is 24.4 Å². The van der Waals surface area contributed by atoms with E-state index in [1.807, 2.05) is 24.3 Å². The van der Waals surface area contributed by atoms with E-state index in [-0.39, 0.29) is 23.5 Å². The van der Waals surface area contributed by atoms with E-state index in [1.165, 1.54) is 35.2 Å². The molecule has 1 atom stereocenters. The average molecular weight is 535 g/mol. The molecule has 38 heavy (non-hydrogen) atoms. The van der Waals surface area contributed by atoms with E-state index in [0.29, 0.717) is 38.7 Å². The molecule has 1 aliphatic rings. The third-order valence-corrected chi connectivity index (χ3v) is 7.02. The lowest BCUT2D eigenvalue weighted by Gasteiger charge is -2.24. The van der Waals surface area contributed by atoms with Gasteiger partial charge in [0.15, 0.2) is 16.3 Å². The third kappa shape index (κ3) is 5.57. The summed E-state index contributed by atoms with van der Waals surface area (Å²) < 4.78 is 18.3. The van der Waals surface area contributed by atoms with E-state index in [0.717, 1.165) is 18.4 Å². The number of esters is 1. The lowest BCUT2D eigenvalue weighted by molar-refractivity contribution is -0.138. The van der Waals surface area contributed by atoms with Crippen molar-refractivity contribution in [2.45, 2.75) is 32.7 Å². The van der Waals surface area contributed by atoms with Crippen molar-refractivity contribution in [3.05, 3.63) is 97.2 Å². The van der Waals surface area contributed by atoms with Crippen molar-refractivity contribution in [1.29, 1.82) is 0 Å². The second kappa shape index (κ2) is 12.0. The third-order valence-electron chi connectivity index (χ3n) is 6.04. The number of benzene rings is 2. The molecule has 1 aliphatic heterocycles. The van der Waals surface area contributed by atoms with Crippen LogP contribution in [0.1, 0.15) is 43.9 Å². The van der Waals surface area contributed by atoms with Crippen LogP contribution in [0, 0.1) is 0 Å². The molecule has 4 rings (SSSR count). The molecule has 0 spiro atoms. The summed E-state index contributed by atoms with van der Waals surface area (Å²) in [6.45, 7) is 8.11. The molecule has 0 aliphatic carbocycles. The molecule has 1 N–H and O–H groups in total. The fraction of sp³-hybridized carbons (Fsp3) is 0.276. The molecule has 0 saturated carbocycles. The SMILES string of the molecule is C=CCOC(=O)C1=C(C)N=c2s/c(=C\c3ccc(O)c(OC)c3)c(=O)n2C1c1ccc(OCCCC)cc1. The Kier molecular flexibility index (Phi) is 8.48. The minimum atomic E-state index is -0.732. The molecule has 198 valence electrons. The van der Waals surface area contributed by atoms with Crippen LogP contribution in [0.5, 0.6) is 17.2 Å². The Morgan fingerprint density at radius 3 is 2.68 bits per heavy atom. The lowest BCUT2D eigenvalue weighted by Crippen LogP contribution is -2.39. The van der Waals surface area contributed by atoms with Crippen molar-refractivity contribution >= 4 is 23.4 Å². The number of phenolic OH excluding ortho intramolecular Hbond substituents is 1.